The summed E-state index contributed by atoms with van der Waals surface area (Å²) in [5, 5.41) is 2.65. The van der Waals surface area contributed by atoms with E-state index in [9.17, 15) is 9.59 Å². The Balaban J connectivity index is 2.61. The van der Waals surface area contributed by atoms with Crippen molar-refractivity contribution in [3.8, 4) is 0 Å². The summed E-state index contributed by atoms with van der Waals surface area (Å²) in [6, 6.07) is 4.53. The summed E-state index contributed by atoms with van der Waals surface area (Å²) >= 11 is 5.84. The lowest BCUT2D eigenvalue weighted by Crippen LogP contribution is -2.30. The quantitative estimate of drug-likeness (QED) is 0.627. The molecular formula is C11H13ClN2O3. The highest BCUT2D eigenvalue weighted by Gasteiger charge is 2.11. The van der Waals surface area contributed by atoms with Crippen LogP contribution in [0.25, 0.3) is 0 Å². The van der Waals surface area contributed by atoms with Gasteiger partial charge in [0.25, 0.3) is 5.91 Å². The Hall–Kier alpha value is -1.75. The van der Waals surface area contributed by atoms with Crippen LogP contribution in [-0.2, 0) is 9.53 Å². The maximum atomic E-state index is 11.6. The molecule has 5 nitrogen and oxygen atoms in total. The van der Waals surface area contributed by atoms with Crippen molar-refractivity contribution in [3.63, 3.8) is 0 Å². The molecule has 0 bridgehead atoms. The summed E-state index contributed by atoms with van der Waals surface area (Å²) in [4.78, 5) is 22.7. The van der Waals surface area contributed by atoms with Crippen molar-refractivity contribution < 1.29 is 14.3 Å². The summed E-state index contributed by atoms with van der Waals surface area (Å²) in [7, 11) is 0. The van der Waals surface area contributed by atoms with Crippen LogP contribution in [0.5, 0.6) is 0 Å². The summed E-state index contributed by atoms with van der Waals surface area (Å²) in [6.45, 7) is 1.78. The molecule has 1 aromatic carbocycles. The van der Waals surface area contributed by atoms with Crippen molar-refractivity contribution in [2.75, 3.05) is 18.9 Å². The molecule has 0 aromatic heterocycles. The van der Waals surface area contributed by atoms with Gasteiger partial charge in [0.2, 0.25) is 0 Å². The number of benzene rings is 1. The Labute approximate surface area is 104 Å². The van der Waals surface area contributed by atoms with Crippen molar-refractivity contribution in [3.05, 3.63) is 28.8 Å². The average molecular weight is 257 g/mol. The first-order chi connectivity index (χ1) is 8.04. The highest BCUT2D eigenvalue weighted by molar-refractivity contribution is 6.34. The van der Waals surface area contributed by atoms with Gasteiger partial charge in [-0.3, -0.25) is 9.59 Å². The zero-order valence-electron chi connectivity index (χ0n) is 9.33. The van der Waals surface area contributed by atoms with Gasteiger partial charge in [0.15, 0.2) is 0 Å². The highest BCUT2D eigenvalue weighted by atomic mass is 35.5. The molecular weight excluding hydrogens is 244 g/mol. The zero-order chi connectivity index (χ0) is 12.8. The number of rotatable bonds is 4. The molecule has 0 spiro atoms. The summed E-state index contributed by atoms with van der Waals surface area (Å²) in [5.41, 5.74) is 6.24. The van der Waals surface area contributed by atoms with E-state index in [1.165, 1.54) is 12.1 Å². The molecule has 92 valence electrons. The van der Waals surface area contributed by atoms with Gasteiger partial charge in [-0.05, 0) is 25.1 Å². The Kier molecular flexibility index (Phi) is 4.78. The highest BCUT2D eigenvalue weighted by Crippen LogP contribution is 2.18. The maximum Gasteiger partial charge on any atom is 0.325 e. The van der Waals surface area contributed by atoms with Crippen LogP contribution in [0.3, 0.4) is 0 Å². The molecule has 17 heavy (non-hydrogen) atoms. The molecule has 3 N–H and O–H groups in total. The number of nitrogens with two attached hydrogens (primary N) is 1. The molecule has 0 atom stereocenters. The molecule has 0 radical (unpaired) electrons. The topological polar surface area (TPSA) is 81.4 Å². The van der Waals surface area contributed by atoms with Gasteiger partial charge in [-0.15, -0.1) is 0 Å². The Morgan fingerprint density at radius 2 is 2.18 bits per heavy atom. The number of anilines is 1. The van der Waals surface area contributed by atoms with Crippen molar-refractivity contribution in [1.82, 2.24) is 5.32 Å². The summed E-state index contributed by atoms with van der Waals surface area (Å²) in [6.07, 6.45) is 0. The molecule has 1 amide bonds. The average Bonchev–Trinajstić information content (AvgIpc) is 2.26. The van der Waals surface area contributed by atoms with Gasteiger partial charge in [-0.1, -0.05) is 11.6 Å². The SMILES string of the molecule is CCOC(=O)CNC(=O)c1ccc(N)cc1Cl. The molecule has 1 aromatic rings. The van der Waals surface area contributed by atoms with Gasteiger partial charge in [0.05, 0.1) is 17.2 Å². The number of halogens is 1. The maximum absolute atomic E-state index is 11.6. The largest absolute Gasteiger partial charge is 0.465 e. The van der Waals surface area contributed by atoms with Crippen molar-refractivity contribution in [1.29, 1.82) is 0 Å². The number of carbonyl (C=O) groups excluding carboxylic acids is 2. The van der Waals surface area contributed by atoms with Crippen molar-refractivity contribution in [2.24, 2.45) is 0 Å². The first kappa shape index (κ1) is 13.3. The molecule has 0 aliphatic heterocycles. The van der Waals surface area contributed by atoms with E-state index >= 15 is 0 Å². The van der Waals surface area contributed by atoms with E-state index in [0.29, 0.717) is 5.69 Å². The van der Waals surface area contributed by atoms with Gasteiger partial charge >= 0.3 is 5.97 Å². The Morgan fingerprint density at radius 3 is 2.76 bits per heavy atom. The van der Waals surface area contributed by atoms with E-state index in [0.717, 1.165) is 0 Å². The predicted molar refractivity (Wildman–Crippen MR) is 64.8 cm³/mol. The minimum atomic E-state index is -0.493. The standard InChI is InChI=1S/C11H13ClN2O3/c1-2-17-10(15)6-14-11(16)8-4-3-7(13)5-9(8)12/h3-5H,2,6,13H2,1H3,(H,14,16). The van der Waals surface area contributed by atoms with Crippen LogP contribution < -0.4 is 11.1 Å². The van der Waals surface area contributed by atoms with Crippen LogP contribution in [0.15, 0.2) is 18.2 Å². The van der Waals surface area contributed by atoms with Crippen LogP contribution in [0.4, 0.5) is 5.69 Å². The van der Waals surface area contributed by atoms with Crippen LogP contribution in [0.1, 0.15) is 17.3 Å². The van der Waals surface area contributed by atoms with E-state index in [-0.39, 0.29) is 23.7 Å². The lowest BCUT2D eigenvalue weighted by Gasteiger charge is -2.06. The Bertz CT molecular complexity index is 435. The molecule has 0 fully saturated rings. The molecule has 0 saturated heterocycles. The number of hydrogen-bond donors (Lipinski definition) is 2. The normalized spacial score (nSPS) is 9.76. The first-order valence-electron chi connectivity index (χ1n) is 5.03. The molecule has 0 heterocycles. The fraction of sp³-hybridized carbons (Fsp3) is 0.273. The smallest absolute Gasteiger partial charge is 0.325 e. The number of carbonyl (C=O) groups is 2. The summed E-state index contributed by atoms with van der Waals surface area (Å²) in [5.74, 6) is -0.935. The van der Waals surface area contributed by atoms with Crippen LogP contribution in [0, 0.1) is 0 Å². The molecule has 0 saturated carbocycles. The lowest BCUT2D eigenvalue weighted by molar-refractivity contribution is -0.141. The monoisotopic (exact) mass is 256 g/mol. The van der Waals surface area contributed by atoms with Crippen LogP contribution >= 0.6 is 11.6 Å². The van der Waals surface area contributed by atoms with Gasteiger partial charge in [0, 0.05) is 5.69 Å². The van der Waals surface area contributed by atoms with E-state index in [1.807, 2.05) is 0 Å². The van der Waals surface area contributed by atoms with Crippen LogP contribution in [0.2, 0.25) is 5.02 Å². The number of esters is 1. The minimum absolute atomic E-state index is 0.187. The number of amides is 1. The second kappa shape index (κ2) is 6.10. The van der Waals surface area contributed by atoms with Crippen LogP contribution in [-0.4, -0.2) is 25.0 Å². The predicted octanol–water partition coefficient (Wildman–Crippen LogP) is 1.22. The second-order valence-corrected chi connectivity index (χ2v) is 3.63. The van der Waals surface area contributed by atoms with E-state index in [4.69, 9.17) is 17.3 Å². The third kappa shape index (κ3) is 3.96. The number of nitrogens with one attached hydrogen (secondary N) is 1. The van der Waals surface area contributed by atoms with E-state index in [1.54, 1.807) is 13.0 Å². The fourth-order valence-corrected chi connectivity index (χ4v) is 1.45. The van der Waals surface area contributed by atoms with Crippen molar-refractivity contribution >= 4 is 29.2 Å². The van der Waals surface area contributed by atoms with Crippen molar-refractivity contribution in [2.45, 2.75) is 6.92 Å². The van der Waals surface area contributed by atoms with Gasteiger partial charge in [-0.25, -0.2) is 0 Å². The van der Waals surface area contributed by atoms with E-state index in [2.05, 4.69) is 10.1 Å². The first-order valence-corrected chi connectivity index (χ1v) is 5.41. The third-order valence-corrected chi connectivity index (χ3v) is 2.25. The van der Waals surface area contributed by atoms with Gasteiger partial charge < -0.3 is 15.8 Å². The zero-order valence-corrected chi connectivity index (χ0v) is 10.1. The number of hydrogen-bond acceptors (Lipinski definition) is 4. The summed E-state index contributed by atoms with van der Waals surface area (Å²) < 4.78 is 4.67. The minimum Gasteiger partial charge on any atom is -0.465 e. The molecule has 0 aliphatic rings. The lowest BCUT2D eigenvalue weighted by atomic mass is 10.2. The molecule has 6 heteroatoms. The third-order valence-electron chi connectivity index (χ3n) is 1.94. The number of nitrogen functional groups attached to an aromatic ring is 1. The number of ether oxygens (including phenoxy) is 1. The molecule has 0 aliphatic carbocycles. The van der Waals surface area contributed by atoms with E-state index < -0.39 is 11.9 Å². The fourth-order valence-electron chi connectivity index (χ4n) is 1.18. The molecule has 0 unspecified atom stereocenters. The van der Waals surface area contributed by atoms with Gasteiger partial charge in [0.1, 0.15) is 6.54 Å². The molecule has 1 rings (SSSR count). The Morgan fingerprint density at radius 1 is 1.47 bits per heavy atom. The second-order valence-electron chi connectivity index (χ2n) is 3.23. The van der Waals surface area contributed by atoms with Gasteiger partial charge in [-0.2, -0.15) is 0 Å².